The summed E-state index contributed by atoms with van der Waals surface area (Å²) in [6, 6.07) is 2.53. The molecule has 6 heteroatoms. The van der Waals surface area contributed by atoms with E-state index in [4.69, 9.17) is 0 Å². The molecule has 1 aromatic rings. The summed E-state index contributed by atoms with van der Waals surface area (Å²) in [6.45, 7) is 10.2. The number of urea groups is 1. The Kier molecular flexibility index (Phi) is 7.71. The van der Waals surface area contributed by atoms with E-state index in [1.165, 1.54) is 11.3 Å². The smallest absolute Gasteiger partial charge is 0.314 e. The number of rotatable bonds is 8. The third-order valence-corrected chi connectivity index (χ3v) is 4.07. The van der Waals surface area contributed by atoms with E-state index >= 15 is 0 Å². The quantitative estimate of drug-likeness (QED) is 0.689. The van der Waals surface area contributed by atoms with Crippen LogP contribution >= 0.6 is 11.3 Å². The average Bonchev–Trinajstić information content (AvgIpc) is 2.94. The number of carbonyl (C=O) groups is 1. The Morgan fingerprint density at radius 2 is 1.95 bits per heavy atom. The lowest BCUT2D eigenvalue weighted by molar-refractivity contribution is 0.168. The second-order valence-corrected chi connectivity index (χ2v) is 6.41. The van der Waals surface area contributed by atoms with Crippen LogP contribution in [0.1, 0.15) is 39.4 Å². The molecule has 0 spiro atoms. The zero-order valence-corrected chi connectivity index (χ0v) is 14.1. The van der Waals surface area contributed by atoms with Crippen molar-refractivity contribution in [3.05, 3.63) is 22.4 Å². The zero-order valence-electron chi connectivity index (χ0n) is 13.3. The van der Waals surface area contributed by atoms with Gasteiger partial charge in [-0.3, -0.25) is 4.90 Å². The van der Waals surface area contributed by atoms with Crippen molar-refractivity contribution in [2.24, 2.45) is 0 Å². The number of aliphatic hydroxyl groups is 1. The summed E-state index contributed by atoms with van der Waals surface area (Å²) >= 11 is 1.53. The van der Waals surface area contributed by atoms with E-state index in [1.807, 2.05) is 16.8 Å². The number of hydrogen-bond donors (Lipinski definition) is 3. The highest BCUT2D eigenvalue weighted by Gasteiger charge is 2.13. The Morgan fingerprint density at radius 1 is 1.29 bits per heavy atom. The molecule has 5 nitrogen and oxygen atoms in total. The molecule has 0 saturated heterocycles. The number of carbonyl (C=O) groups excluding carboxylic acids is 1. The Bertz CT molecular complexity index is 399. The SMILES string of the molecule is CC(C)N(CCNC(=O)NCC(O)c1ccsc1)C(C)C. The molecule has 0 aliphatic carbocycles. The second-order valence-electron chi connectivity index (χ2n) is 5.63. The first-order chi connectivity index (χ1) is 9.91. The number of amides is 2. The first-order valence-electron chi connectivity index (χ1n) is 7.39. The van der Waals surface area contributed by atoms with E-state index in [-0.39, 0.29) is 12.6 Å². The van der Waals surface area contributed by atoms with E-state index < -0.39 is 6.10 Å². The van der Waals surface area contributed by atoms with Crippen LogP contribution in [0.4, 0.5) is 4.79 Å². The summed E-state index contributed by atoms with van der Waals surface area (Å²) in [5.74, 6) is 0. The van der Waals surface area contributed by atoms with E-state index in [0.29, 0.717) is 18.6 Å². The fraction of sp³-hybridized carbons (Fsp3) is 0.667. The molecular weight excluding hydrogens is 286 g/mol. The summed E-state index contributed by atoms with van der Waals surface area (Å²) in [6.07, 6.45) is -0.648. The zero-order chi connectivity index (χ0) is 15.8. The summed E-state index contributed by atoms with van der Waals surface area (Å²) in [5, 5.41) is 19.2. The van der Waals surface area contributed by atoms with Gasteiger partial charge >= 0.3 is 6.03 Å². The molecule has 0 aromatic carbocycles. The van der Waals surface area contributed by atoms with Gasteiger partial charge in [-0.2, -0.15) is 11.3 Å². The summed E-state index contributed by atoms with van der Waals surface area (Å²) < 4.78 is 0. The van der Waals surface area contributed by atoms with Crippen LogP contribution in [-0.4, -0.2) is 47.8 Å². The normalized spacial score (nSPS) is 13.0. The molecule has 1 heterocycles. The van der Waals surface area contributed by atoms with Crippen molar-refractivity contribution in [2.75, 3.05) is 19.6 Å². The van der Waals surface area contributed by atoms with Crippen molar-refractivity contribution in [1.29, 1.82) is 0 Å². The van der Waals surface area contributed by atoms with Gasteiger partial charge in [-0.15, -0.1) is 0 Å². The van der Waals surface area contributed by atoms with Crippen LogP contribution in [0, 0.1) is 0 Å². The predicted molar refractivity (Wildman–Crippen MR) is 87.7 cm³/mol. The molecule has 0 aliphatic heterocycles. The van der Waals surface area contributed by atoms with Gasteiger partial charge in [0.25, 0.3) is 0 Å². The van der Waals surface area contributed by atoms with Crippen LogP contribution in [0.15, 0.2) is 16.8 Å². The van der Waals surface area contributed by atoms with Gasteiger partial charge in [-0.1, -0.05) is 0 Å². The van der Waals surface area contributed by atoms with Crippen molar-refractivity contribution < 1.29 is 9.90 Å². The Labute approximate surface area is 131 Å². The number of nitrogens with zero attached hydrogens (tertiary/aromatic N) is 1. The lowest BCUT2D eigenvalue weighted by atomic mass is 10.2. The monoisotopic (exact) mass is 313 g/mol. The molecule has 0 bridgehead atoms. The largest absolute Gasteiger partial charge is 0.387 e. The maximum absolute atomic E-state index is 11.7. The molecular formula is C15H27N3O2S. The molecule has 0 aliphatic rings. The van der Waals surface area contributed by atoms with Gasteiger partial charge in [-0.25, -0.2) is 4.79 Å². The molecule has 1 atom stereocenters. The highest BCUT2D eigenvalue weighted by atomic mass is 32.1. The fourth-order valence-corrected chi connectivity index (χ4v) is 2.95. The minimum atomic E-state index is -0.648. The van der Waals surface area contributed by atoms with Crippen LogP contribution in [-0.2, 0) is 0 Å². The maximum Gasteiger partial charge on any atom is 0.314 e. The van der Waals surface area contributed by atoms with Gasteiger partial charge in [0, 0.05) is 31.7 Å². The van der Waals surface area contributed by atoms with Gasteiger partial charge in [0.1, 0.15) is 0 Å². The van der Waals surface area contributed by atoms with Crippen LogP contribution < -0.4 is 10.6 Å². The van der Waals surface area contributed by atoms with Crippen molar-refractivity contribution in [2.45, 2.75) is 45.9 Å². The summed E-state index contributed by atoms with van der Waals surface area (Å²) in [5.41, 5.74) is 0.839. The van der Waals surface area contributed by atoms with Gasteiger partial charge in [0.05, 0.1) is 6.10 Å². The molecule has 2 amide bonds. The van der Waals surface area contributed by atoms with Crippen LogP contribution in [0.5, 0.6) is 0 Å². The lowest BCUT2D eigenvalue weighted by Crippen LogP contribution is -2.45. The first kappa shape index (κ1) is 17.9. The third-order valence-electron chi connectivity index (χ3n) is 3.37. The van der Waals surface area contributed by atoms with Crippen LogP contribution in [0.3, 0.4) is 0 Å². The van der Waals surface area contributed by atoms with Gasteiger partial charge in [0.2, 0.25) is 0 Å². The van der Waals surface area contributed by atoms with Crippen molar-refractivity contribution >= 4 is 17.4 Å². The second kappa shape index (κ2) is 9.02. The van der Waals surface area contributed by atoms with Gasteiger partial charge in [-0.05, 0) is 50.1 Å². The van der Waals surface area contributed by atoms with E-state index in [1.54, 1.807) is 0 Å². The number of hydrogen-bond acceptors (Lipinski definition) is 4. The van der Waals surface area contributed by atoms with Crippen LogP contribution in [0.25, 0.3) is 0 Å². The number of thiophene rings is 1. The van der Waals surface area contributed by atoms with E-state index in [0.717, 1.165) is 12.1 Å². The summed E-state index contributed by atoms with van der Waals surface area (Å²) in [7, 11) is 0. The Balaban J connectivity index is 2.22. The van der Waals surface area contributed by atoms with Gasteiger partial charge < -0.3 is 15.7 Å². The minimum Gasteiger partial charge on any atom is -0.387 e. The van der Waals surface area contributed by atoms with Gasteiger partial charge in [0.15, 0.2) is 0 Å². The Hall–Kier alpha value is -1.11. The average molecular weight is 313 g/mol. The van der Waals surface area contributed by atoms with Crippen molar-refractivity contribution in [3.63, 3.8) is 0 Å². The topological polar surface area (TPSA) is 64.6 Å². The number of nitrogens with one attached hydrogen (secondary N) is 2. The molecule has 120 valence electrons. The van der Waals surface area contributed by atoms with Crippen molar-refractivity contribution in [3.8, 4) is 0 Å². The fourth-order valence-electron chi connectivity index (χ4n) is 2.25. The molecule has 21 heavy (non-hydrogen) atoms. The molecule has 0 saturated carbocycles. The van der Waals surface area contributed by atoms with E-state index in [9.17, 15) is 9.90 Å². The van der Waals surface area contributed by atoms with Crippen LogP contribution in [0.2, 0.25) is 0 Å². The lowest BCUT2D eigenvalue weighted by Gasteiger charge is -2.30. The third kappa shape index (κ3) is 6.46. The number of aliphatic hydroxyl groups excluding tert-OH is 1. The minimum absolute atomic E-state index is 0.223. The Morgan fingerprint density at radius 3 is 2.48 bits per heavy atom. The predicted octanol–water partition coefficient (Wildman–Crippen LogP) is 2.20. The van der Waals surface area contributed by atoms with Crippen molar-refractivity contribution in [1.82, 2.24) is 15.5 Å². The standard InChI is InChI=1S/C15H27N3O2S/c1-11(2)18(12(3)4)7-6-16-15(20)17-9-14(19)13-5-8-21-10-13/h5,8,10-12,14,19H,6-7,9H2,1-4H3,(H2,16,17,20). The molecule has 0 radical (unpaired) electrons. The molecule has 0 fully saturated rings. The molecule has 1 aromatic heterocycles. The van der Waals surface area contributed by atoms with E-state index in [2.05, 4.69) is 43.2 Å². The highest BCUT2D eigenvalue weighted by Crippen LogP contribution is 2.14. The summed E-state index contributed by atoms with van der Waals surface area (Å²) in [4.78, 5) is 14.0. The first-order valence-corrected chi connectivity index (χ1v) is 8.33. The molecule has 3 N–H and O–H groups in total. The maximum atomic E-state index is 11.7. The highest BCUT2D eigenvalue weighted by molar-refractivity contribution is 7.07. The molecule has 1 rings (SSSR count). The molecule has 1 unspecified atom stereocenters.